The van der Waals surface area contributed by atoms with Gasteiger partial charge < -0.3 is 15.0 Å². The fourth-order valence-electron chi connectivity index (χ4n) is 3.86. The van der Waals surface area contributed by atoms with Crippen LogP contribution in [0.2, 0.25) is 0 Å². The number of hydrogen-bond donors (Lipinski definition) is 1. The van der Waals surface area contributed by atoms with Gasteiger partial charge in [-0.15, -0.1) is 0 Å². The van der Waals surface area contributed by atoms with E-state index in [0.29, 0.717) is 25.3 Å². The summed E-state index contributed by atoms with van der Waals surface area (Å²) in [4.78, 5) is 14.7. The second kappa shape index (κ2) is 7.98. The predicted octanol–water partition coefficient (Wildman–Crippen LogP) is 4.42. The van der Waals surface area contributed by atoms with Crippen molar-refractivity contribution in [3.05, 3.63) is 53.0 Å². The van der Waals surface area contributed by atoms with E-state index in [4.69, 9.17) is 4.74 Å². The quantitative estimate of drug-likeness (QED) is 0.836. The molecule has 3 rings (SSSR count). The lowest BCUT2D eigenvalue weighted by Gasteiger charge is -2.33. The Balaban J connectivity index is 1.73. The highest BCUT2D eigenvalue weighted by atomic mass is 19.1. The first kappa shape index (κ1) is 20.4. The van der Waals surface area contributed by atoms with Crippen molar-refractivity contribution in [3.8, 4) is 5.75 Å². The van der Waals surface area contributed by atoms with E-state index in [-0.39, 0.29) is 29.1 Å². The van der Waals surface area contributed by atoms with Gasteiger partial charge >= 0.3 is 0 Å². The highest BCUT2D eigenvalue weighted by Crippen LogP contribution is 2.30. The van der Waals surface area contributed by atoms with Crippen molar-refractivity contribution in [2.45, 2.75) is 53.6 Å². The summed E-state index contributed by atoms with van der Waals surface area (Å²) in [5.74, 6) is 0.635. The number of nitrogens with zero attached hydrogens (tertiary/aromatic N) is 1. The maximum atomic E-state index is 13.5. The molecule has 1 heterocycles. The van der Waals surface area contributed by atoms with E-state index in [2.05, 4.69) is 57.0 Å². The predicted molar refractivity (Wildman–Crippen MR) is 109 cm³/mol. The largest absolute Gasteiger partial charge is 0.491 e. The molecule has 2 aliphatic rings. The maximum Gasteiger partial charge on any atom is 0.221 e. The lowest BCUT2D eigenvalue weighted by atomic mass is 9.87. The highest BCUT2D eigenvalue weighted by molar-refractivity contribution is 5.77. The van der Waals surface area contributed by atoms with E-state index in [9.17, 15) is 9.18 Å². The van der Waals surface area contributed by atoms with E-state index in [0.717, 1.165) is 23.4 Å². The molecule has 1 aliphatic heterocycles. The average molecular weight is 387 g/mol. The number of allylic oxidation sites excluding steroid dienone is 1. The maximum absolute atomic E-state index is 13.5. The minimum absolute atomic E-state index is 0.0169. The van der Waals surface area contributed by atoms with Gasteiger partial charge in [-0.2, -0.15) is 0 Å². The third kappa shape index (κ3) is 4.94. The summed E-state index contributed by atoms with van der Waals surface area (Å²) in [6.45, 7) is 12.4. The summed E-state index contributed by atoms with van der Waals surface area (Å²) in [7, 11) is 0. The second-order valence-electron chi connectivity index (χ2n) is 9.14. The molecule has 1 aliphatic carbocycles. The molecule has 1 aromatic carbocycles. The number of rotatable bonds is 3. The van der Waals surface area contributed by atoms with Crippen LogP contribution in [0.1, 0.15) is 46.6 Å². The fraction of sp³-hybridized carbons (Fsp3) is 0.522. The normalized spacial score (nSPS) is 22.4. The summed E-state index contributed by atoms with van der Waals surface area (Å²) in [5, 5.41) is 3.20. The SMILES string of the molecule is CC1=CC(N2CCOc3cc(F)ccc3C2)=CC(C)C1NC(=O)CC(C)(C)C. The minimum Gasteiger partial charge on any atom is -0.491 e. The summed E-state index contributed by atoms with van der Waals surface area (Å²) in [6.07, 6.45) is 4.87. The van der Waals surface area contributed by atoms with Crippen molar-refractivity contribution in [2.75, 3.05) is 13.2 Å². The Morgan fingerprint density at radius 2 is 2.11 bits per heavy atom. The molecule has 0 fully saturated rings. The van der Waals surface area contributed by atoms with Crippen molar-refractivity contribution < 1.29 is 13.9 Å². The topological polar surface area (TPSA) is 41.6 Å². The Morgan fingerprint density at radius 3 is 2.79 bits per heavy atom. The van der Waals surface area contributed by atoms with Crippen LogP contribution < -0.4 is 10.1 Å². The number of halogens is 1. The average Bonchev–Trinajstić information content (AvgIpc) is 2.78. The molecule has 0 saturated carbocycles. The molecule has 5 heteroatoms. The van der Waals surface area contributed by atoms with Gasteiger partial charge in [-0.25, -0.2) is 4.39 Å². The van der Waals surface area contributed by atoms with E-state index in [1.165, 1.54) is 12.1 Å². The third-order valence-corrected chi connectivity index (χ3v) is 5.21. The summed E-state index contributed by atoms with van der Waals surface area (Å²) in [5.41, 5.74) is 3.24. The van der Waals surface area contributed by atoms with Gasteiger partial charge in [0.2, 0.25) is 5.91 Å². The minimum atomic E-state index is -0.276. The van der Waals surface area contributed by atoms with Gasteiger partial charge in [-0.1, -0.05) is 39.8 Å². The highest BCUT2D eigenvalue weighted by Gasteiger charge is 2.27. The van der Waals surface area contributed by atoms with Crippen LogP contribution in [0, 0.1) is 17.2 Å². The lowest BCUT2D eigenvalue weighted by Crippen LogP contribution is -2.43. The molecule has 1 amide bonds. The Hall–Kier alpha value is -2.30. The Kier molecular flexibility index (Phi) is 5.82. The summed E-state index contributed by atoms with van der Waals surface area (Å²) < 4.78 is 19.2. The number of benzene rings is 1. The van der Waals surface area contributed by atoms with Gasteiger partial charge in [0.15, 0.2) is 0 Å². The van der Waals surface area contributed by atoms with Crippen molar-refractivity contribution in [1.82, 2.24) is 10.2 Å². The number of amides is 1. The van der Waals surface area contributed by atoms with Gasteiger partial charge in [0, 0.05) is 36.2 Å². The molecule has 28 heavy (non-hydrogen) atoms. The van der Waals surface area contributed by atoms with Gasteiger partial charge in [0.05, 0.1) is 12.6 Å². The van der Waals surface area contributed by atoms with Crippen molar-refractivity contribution >= 4 is 5.91 Å². The number of fused-ring (bicyclic) bond motifs is 1. The molecule has 0 radical (unpaired) electrons. The summed E-state index contributed by atoms with van der Waals surface area (Å²) >= 11 is 0. The number of hydrogen-bond acceptors (Lipinski definition) is 3. The number of carbonyl (C=O) groups excluding carboxylic acids is 1. The first-order chi connectivity index (χ1) is 13.1. The van der Waals surface area contributed by atoms with Crippen LogP contribution in [-0.4, -0.2) is 30.0 Å². The van der Waals surface area contributed by atoms with E-state index in [1.807, 2.05) is 0 Å². The van der Waals surface area contributed by atoms with E-state index < -0.39 is 0 Å². The van der Waals surface area contributed by atoms with E-state index >= 15 is 0 Å². The molecular formula is C23H31FN2O2. The van der Waals surface area contributed by atoms with Crippen LogP contribution in [0.4, 0.5) is 4.39 Å². The van der Waals surface area contributed by atoms with Crippen molar-refractivity contribution in [1.29, 1.82) is 0 Å². The van der Waals surface area contributed by atoms with Crippen molar-refractivity contribution in [2.24, 2.45) is 11.3 Å². The Labute approximate surface area is 167 Å². The van der Waals surface area contributed by atoms with Gasteiger partial charge in [0.25, 0.3) is 0 Å². The van der Waals surface area contributed by atoms with Crippen LogP contribution in [0.5, 0.6) is 5.75 Å². The molecule has 2 atom stereocenters. The monoisotopic (exact) mass is 386 g/mol. The van der Waals surface area contributed by atoms with Crippen LogP contribution in [0.15, 0.2) is 41.6 Å². The number of carbonyl (C=O) groups is 1. The first-order valence-electron chi connectivity index (χ1n) is 9.98. The first-order valence-corrected chi connectivity index (χ1v) is 9.98. The molecular weight excluding hydrogens is 355 g/mol. The van der Waals surface area contributed by atoms with Crippen LogP contribution in [-0.2, 0) is 11.3 Å². The molecule has 0 spiro atoms. The Morgan fingerprint density at radius 1 is 1.36 bits per heavy atom. The molecule has 1 aromatic rings. The zero-order valence-electron chi connectivity index (χ0n) is 17.5. The van der Waals surface area contributed by atoms with Crippen LogP contribution in [0.3, 0.4) is 0 Å². The zero-order valence-corrected chi connectivity index (χ0v) is 17.5. The van der Waals surface area contributed by atoms with Crippen LogP contribution >= 0.6 is 0 Å². The zero-order chi connectivity index (χ0) is 20.5. The Bertz CT molecular complexity index is 807. The number of nitrogens with one attached hydrogen (secondary N) is 1. The molecule has 4 nitrogen and oxygen atoms in total. The molecule has 1 N–H and O–H groups in total. The summed E-state index contributed by atoms with van der Waals surface area (Å²) in [6, 6.07) is 4.74. The fourth-order valence-corrected chi connectivity index (χ4v) is 3.86. The van der Waals surface area contributed by atoms with Gasteiger partial charge in [-0.3, -0.25) is 4.79 Å². The number of ether oxygens (including phenoxy) is 1. The molecule has 0 bridgehead atoms. The van der Waals surface area contributed by atoms with Gasteiger partial charge in [0.1, 0.15) is 18.2 Å². The van der Waals surface area contributed by atoms with Crippen molar-refractivity contribution in [3.63, 3.8) is 0 Å². The molecule has 2 unspecified atom stereocenters. The smallest absolute Gasteiger partial charge is 0.221 e. The lowest BCUT2D eigenvalue weighted by molar-refractivity contribution is -0.123. The molecule has 0 saturated heterocycles. The van der Waals surface area contributed by atoms with E-state index in [1.54, 1.807) is 6.07 Å². The molecule has 0 aromatic heterocycles. The second-order valence-corrected chi connectivity index (χ2v) is 9.14. The third-order valence-electron chi connectivity index (χ3n) is 5.21. The standard InChI is InChI=1S/C23H31FN2O2/c1-15-10-19(11-16(2)22(15)25-21(27)13-23(3,4)5)26-8-9-28-20-12-18(24)7-6-17(20)14-26/h6-7,10-12,15,22H,8-9,13-14H2,1-5H3,(H,25,27). The van der Waals surface area contributed by atoms with Crippen LogP contribution in [0.25, 0.3) is 0 Å². The molecule has 152 valence electrons. The van der Waals surface area contributed by atoms with Gasteiger partial charge in [-0.05, 0) is 30.1 Å².